The van der Waals surface area contributed by atoms with E-state index in [9.17, 15) is 18.0 Å². The molecule has 0 saturated heterocycles. The van der Waals surface area contributed by atoms with Crippen molar-refractivity contribution < 1.29 is 27.4 Å². The molecule has 1 heterocycles. The first-order valence-electron chi connectivity index (χ1n) is 7.97. The van der Waals surface area contributed by atoms with Crippen molar-refractivity contribution in [2.45, 2.75) is 13.1 Å². The summed E-state index contributed by atoms with van der Waals surface area (Å²) in [5, 5.41) is 6.63. The molecule has 0 radical (unpaired) electrons. The van der Waals surface area contributed by atoms with E-state index in [-0.39, 0.29) is 19.0 Å². The number of benzene rings is 2. The third-order valence-electron chi connectivity index (χ3n) is 3.78. The van der Waals surface area contributed by atoms with Crippen molar-refractivity contribution in [3.63, 3.8) is 0 Å². The minimum atomic E-state index is -4.44. The van der Waals surface area contributed by atoms with Gasteiger partial charge >= 0.3 is 6.18 Å². The van der Waals surface area contributed by atoms with Crippen molar-refractivity contribution in [1.82, 2.24) is 5.43 Å². The van der Waals surface area contributed by atoms with Gasteiger partial charge in [0, 0.05) is 11.3 Å². The van der Waals surface area contributed by atoms with E-state index >= 15 is 0 Å². The molecule has 0 aromatic heterocycles. The summed E-state index contributed by atoms with van der Waals surface area (Å²) in [6.07, 6.45) is -4.44. The van der Waals surface area contributed by atoms with Crippen LogP contribution in [0.25, 0.3) is 0 Å². The number of amides is 1. The van der Waals surface area contributed by atoms with E-state index in [2.05, 4.69) is 15.8 Å². The van der Waals surface area contributed by atoms with Crippen molar-refractivity contribution in [2.75, 3.05) is 18.7 Å². The van der Waals surface area contributed by atoms with Gasteiger partial charge in [-0.2, -0.15) is 18.3 Å². The second-order valence-electron chi connectivity index (χ2n) is 5.73. The van der Waals surface area contributed by atoms with Gasteiger partial charge in [-0.1, -0.05) is 6.07 Å². The number of fused-ring (bicyclic) bond motifs is 1. The summed E-state index contributed by atoms with van der Waals surface area (Å²) in [5.74, 6) is 0.743. The minimum Gasteiger partial charge on any atom is -0.454 e. The highest BCUT2D eigenvalue weighted by atomic mass is 19.4. The van der Waals surface area contributed by atoms with E-state index in [1.807, 2.05) is 0 Å². The molecular weight excluding hydrogens is 363 g/mol. The number of carbonyl (C=O) groups excluding carboxylic acids is 1. The lowest BCUT2D eigenvalue weighted by Gasteiger charge is -2.10. The van der Waals surface area contributed by atoms with Gasteiger partial charge in [0.25, 0.3) is 5.91 Å². The first-order valence-corrected chi connectivity index (χ1v) is 7.97. The van der Waals surface area contributed by atoms with Crippen LogP contribution in [0.15, 0.2) is 47.6 Å². The van der Waals surface area contributed by atoms with Crippen LogP contribution in [0.3, 0.4) is 0 Å². The Morgan fingerprint density at radius 3 is 2.70 bits per heavy atom. The summed E-state index contributed by atoms with van der Waals surface area (Å²) in [4.78, 5) is 11.9. The van der Waals surface area contributed by atoms with Gasteiger partial charge in [-0.15, -0.1) is 0 Å². The lowest BCUT2D eigenvalue weighted by Crippen LogP contribution is -2.26. The molecule has 6 nitrogen and oxygen atoms in total. The number of hydrazone groups is 1. The average molecular weight is 379 g/mol. The molecule has 0 aliphatic carbocycles. The molecule has 0 atom stereocenters. The van der Waals surface area contributed by atoms with E-state index in [1.165, 1.54) is 12.1 Å². The fourth-order valence-corrected chi connectivity index (χ4v) is 2.36. The second-order valence-corrected chi connectivity index (χ2v) is 5.73. The van der Waals surface area contributed by atoms with E-state index in [1.54, 1.807) is 25.1 Å². The van der Waals surface area contributed by atoms with Crippen LogP contribution in [0.2, 0.25) is 0 Å². The Labute approximate surface area is 153 Å². The van der Waals surface area contributed by atoms with Crippen molar-refractivity contribution in [3.8, 4) is 11.5 Å². The number of ether oxygens (including phenoxy) is 2. The molecule has 0 saturated carbocycles. The zero-order valence-corrected chi connectivity index (χ0v) is 14.3. The van der Waals surface area contributed by atoms with Gasteiger partial charge in [0.15, 0.2) is 11.5 Å². The van der Waals surface area contributed by atoms with E-state index < -0.39 is 17.6 Å². The first kappa shape index (κ1) is 18.6. The van der Waals surface area contributed by atoms with Crippen LogP contribution in [-0.2, 0) is 11.0 Å². The largest absolute Gasteiger partial charge is 0.454 e. The van der Waals surface area contributed by atoms with E-state index in [0.717, 1.165) is 17.7 Å². The molecule has 27 heavy (non-hydrogen) atoms. The molecule has 0 bridgehead atoms. The SMILES string of the molecule is CC(=NNC(=O)CNc1cccc(C(F)(F)F)c1)c1ccc2c(c1)OCO2. The third-order valence-corrected chi connectivity index (χ3v) is 3.78. The maximum atomic E-state index is 12.7. The molecular formula is C18H16F3N3O3. The third kappa shape index (κ3) is 4.69. The normalized spacial score (nSPS) is 13.4. The number of rotatable bonds is 5. The number of halogens is 3. The monoisotopic (exact) mass is 379 g/mol. The smallest absolute Gasteiger partial charge is 0.416 e. The molecule has 0 fully saturated rings. The molecule has 3 rings (SSSR count). The molecule has 0 spiro atoms. The Morgan fingerprint density at radius 2 is 1.93 bits per heavy atom. The van der Waals surface area contributed by atoms with Crippen molar-refractivity contribution in [1.29, 1.82) is 0 Å². The number of nitrogens with zero attached hydrogens (tertiary/aromatic N) is 1. The number of anilines is 1. The van der Waals surface area contributed by atoms with Crippen LogP contribution in [0.4, 0.5) is 18.9 Å². The van der Waals surface area contributed by atoms with Gasteiger partial charge in [0.05, 0.1) is 17.8 Å². The molecule has 2 aromatic rings. The number of hydrogen-bond acceptors (Lipinski definition) is 5. The Kier molecular flexibility index (Phi) is 5.20. The highest BCUT2D eigenvalue weighted by Crippen LogP contribution is 2.32. The van der Waals surface area contributed by atoms with Crippen molar-refractivity contribution in [3.05, 3.63) is 53.6 Å². The number of alkyl halides is 3. The lowest BCUT2D eigenvalue weighted by atomic mass is 10.1. The molecule has 1 amide bonds. The Hall–Kier alpha value is -3.23. The van der Waals surface area contributed by atoms with Crippen LogP contribution in [0, 0.1) is 0 Å². The Bertz CT molecular complexity index is 882. The van der Waals surface area contributed by atoms with Gasteiger partial charge in [0.1, 0.15) is 0 Å². The molecule has 0 unspecified atom stereocenters. The van der Waals surface area contributed by atoms with Crippen LogP contribution in [0.1, 0.15) is 18.1 Å². The van der Waals surface area contributed by atoms with E-state index in [0.29, 0.717) is 17.2 Å². The number of nitrogens with one attached hydrogen (secondary N) is 2. The highest BCUT2D eigenvalue weighted by molar-refractivity contribution is 6.00. The summed E-state index contributed by atoms with van der Waals surface area (Å²) >= 11 is 0. The quantitative estimate of drug-likeness (QED) is 0.617. The van der Waals surface area contributed by atoms with Gasteiger partial charge in [-0.05, 0) is 43.3 Å². The Morgan fingerprint density at radius 1 is 1.15 bits per heavy atom. The summed E-state index contributed by atoms with van der Waals surface area (Å²) in [7, 11) is 0. The Balaban J connectivity index is 1.56. The summed E-state index contributed by atoms with van der Waals surface area (Å²) in [6.45, 7) is 1.64. The fourth-order valence-electron chi connectivity index (χ4n) is 2.36. The van der Waals surface area contributed by atoms with Gasteiger partial charge in [-0.3, -0.25) is 4.79 Å². The first-order chi connectivity index (χ1) is 12.8. The second kappa shape index (κ2) is 7.56. The molecule has 1 aliphatic rings. The topological polar surface area (TPSA) is 72.0 Å². The maximum absolute atomic E-state index is 12.7. The maximum Gasteiger partial charge on any atom is 0.416 e. The standard InChI is InChI=1S/C18H16F3N3O3/c1-11(12-5-6-15-16(7-12)27-10-26-15)23-24-17(25)9-22-14-4-2-3-13(8-14)18(19,20)21/h2-8,22H,9-10H2,1H3,(H,24,25). The average Bonchev–Trinajstić information content (AvgIpc) is 3.11. The van der Waals surface area contributed by atoms with Crippen LogP contribution < -0.4 is 20.2 Å². The van der Waals surface area contributed by atoms with Gasteiger partial charge in [-0.25, -0.2) is 5.43 Å². The zero-order valence-electron chi connectivity index (χ0n) is 14.3. The zero-order chi connectivity index (χ0) is 19.4. The lowest BCUT2D eigenvalue weighted by molar-refractivity contribution is -0.137. The minimum absolute atomic E-state index is 0.160. The highest BCUT2D eigenvalue weighted by Gasteiger charge is 2.30. The van der Waals surface area contributed by atoms with Crippen molar-refractivity contribution in [2.24, 2.45) is 5.10 Å². The molecule has 1 aliphatic heterocycles. The molecule has 9 heteroatoms. The predicted molar refractivity (Wildman–Crippen MR) is 92.9 cm³/mol. The van der Waals surface area contributed by atoms with Crippen LogP contribution in [0.5, 0.6) is 11.5 Å². The van der Waals surface area contributed by atoms with E-state index in [4.69, 9.17) is 9.47 Å². The number of hydrogen-bond donors (Lipinski definition) is 2. The predicted octanol–water partition coefficient (Wildman–Crippen LogP) is 3.39. The summed E-state index contributed by atoms with van der Waals surface area (Å²) in [5.41, 5.74) is 3.04. The molecule has 142 valence electrons. The number of carbonyl (C=O) groups is 1. The van der Waals surface area contributed by atoms with Gasteiger partial charge in [0.2, 0.25) is 6.79 Å². The fraction of sp³-hybridized carbons (Fsp3) is 0.222. The van der Waals surface area contributed by atoms with Crippen LogP contribution in [-0.4, -0.2) is 25.0 Å². The van der Waals surface area contributed by atoms with Gasteiger partial charge < -0.3 is 14.8 Å². The summed E-state index contributed by atoms with van der Waals surface area (Å²) in [6, 6.07) is 9.88. The van der Waals surface area contributed by atoms with Crippen molar-refractivity contribution >= 4 is 17.3 Å². The molecule has 2 aromatic carbocycles. The molecule has 2 N–H and O–H groups in total. The summed E-state index contributed by atoms with van der Waals surface area (Å²) < 4.78 is 48.5. The van der Waals surface area contributed by atoms with Crippen LogP contribution >= 0.6 is 0 Å².